The molecule has 9 heteroatoms. The van der Waals surface area contributed by atoms with Crippen molar-refractivity contribution in [3.05, 3.63) is 34.9 Å². The maximum Gasteiger partial charge on any atom is 0.288 e. The molecule has 124 valence electrons. The van der Waals surface area contributed by atoms with Gasteiger partial charge in [0, 0.05) is 6.04 Å². The Morgan fingerprint density at radius 2 is 2.22 bits per heavy atom. The van der Waals surface area contributed by atoms with Crippen molar-refractivity contribution in [3.8, 4) is 11.5 Å². The van der Waals surface area contributed by atoms with E-state index in [1.807, 2.05) is 11.9 Å². The van der Waals surface area contributed by atoms with Gasteiger partial charge in [0.05, 0.1) is 23.7 Å². The number of benzene rings is 1. The van der Waals surface area contributed by atoms with Crippen LogP contribution in [-0.2, 0) is 16.5 Å². The molecule has 0 aliphatic carbocycles. The first-order chi connectivity index (χ1) is 10.9. The third-order valence-corrected chi connectivity index (χ3v) is 5.94. The van der Waals surface area contributed by atoms with Crippen molar-refractivity contribution in [2.24, 2.45) is 0 Å². The van der Waals surface area contributed by atoms with E-state index in [0.717, 1.165) is 0 Å². The molecule has 0 spiro atoms. The summed E-state index contributed by atoms with van der Waals surface area (Å²) in [5.74, 6) is 0.00772. The Morgan fingerprint density at radius 1 is 1.48 bits per heavy atom. The van der Waals surface area contributed by atoms with E-state index in [4.69, 9.17) is 16.6 Å². The summed E-state index contributed by atoms with van der Waals surface area (Å²) in [7, 11) is -1.15. The Balaban J connectivity index is 1.80. The zero-order chi connectivity index (χ0) is 16.6. The van der Waals surface area contributed by atoms with Gasteiger partial charge in [-0.3, -0.25) is 4.90 Å². The largest absolute Gasteiger partial charge is 0.409 e. The van der Waals surface area contributed by atoms with Crippen molar-refractivity contribution in [2.45, 2.75) is 19.1 Å². The summed E-state index contributed by atoms with van der Waals surface area (Å²) in [6, 6.07) is 6.08. The van der Waals surface area contributed by atoms with Gasteiger partial charge in [0.15, 0.2) is 9.84 Å². The molecule has 2 aromatic rings. The number of hydrogen-bond donors (Lipinski definition) is 0. The molecule has 1 atom stereocenters. The summed E-state index contributed by atoms with van der Waals surface area (Å²) in [5, 5.41) is 4.20. The Kier molecular flexibility index (Phi) is 4.35. The molecule has 1 fully saturated rings. The number of hydrogen-bond acceptors (Lipinski definition) is 6. The molecule has 23 heavy (non-hydrogen) atoms. The van der Waals surface area contributed by atoms with Gasteiger partial charge in [-0.25, -0.2) is 17.5 Å². The Hall–Kier alpha value is -1.58. The van der Waals surface area contributed by atoms with Gasteiger partial charge in [-0.15, -0.1) is 5.10 Å². The number of rotatable bonds is 4. The van der Waals surface area contributed by atoms with Gasteiger partial charge >= 0.3 is 0 Å². The van der Waals surface area contributed by atoms with Gasteiger partial charge in [0.1, 0.15) is 5.82 Å². The molecule has 0 saturated carbocycles. The Bertz CT molecular complexity index is 875. The summed E-state index contributed by atoms with van der Waals surface area (Å²) >= 11 is 5.12. The highest BCUT2D eigenvalue weighted by atomic mass is 32.2. The molecule has 0 amide bonds. The van der Waals surface area contributed by atoms with Crippen LogP contribution in [0.15, 0.2) is 28.7 Å². The summed E-state index contributed by atoms with van der Waals surface area (Å²) < 4.78 is 43.7. The van der Waals surface area contributed by atoms with Crippen LogP contribution in [0.3, 0.4) is 0 Å². The summed E-state index contributed by atoms with van der Waals surface area (Å²) in [6.07, 6.45) is 0.587. The standard InChI is InChI=1S/C14H16FN3O3S2/c1-17(10-6-7-23(19,20)8-10)9-18-14(22)21-13(16-18)11-4-2-3-5-12(11)15/h2-5,10H,6-9H2,1H3/t10-/m1/s1. The van der Waals surface area contributed by atoms with Crippen LogP contribution in [-0.4, -0.2) is 47.7 Å². The van der Waals surface area contributed by atoms with Crippen LogP contribution >= 0.6 is 12.2 Å². The summed E-state index contributed by atoms with van der Waals surface area (Å²) in [4.78, 5) is 1.99. The van der Waals surface area contributed by atoms with Gasteiger partial charge < -0.3 is 4.42 Å². The van der Waals surface area contributed by atoms with Gasteiger partial charge in [0.2, 0.25) is 5.89 Å². The van der Waals surface area contributed by atoms with Gasteiger partial charge in [-0.1, -0.05) is 12.1 Å². The normalized spacial score (nSPS) is 20.2. The van der Waals surface area contributed by atoms with Crippen molar-refractivity contribution in [3.63, 3.8) is 0 Å². The highest BCUT2D eigenvalue weighted by molar-refractivity contribution is 7.91. The Morgan fingerprint density at radius 3 is 2.87 bits per heavy atom. The van der Waals surface area contributed by atoms with Crippen LogP contribution in [0.2, 0.25) is 0 Å². The fraction of sp³-hybridized carbons (Fsp3) is 0.429. The lowest BCUT2D eigenvalue weighted by Gasteiger charge is -2.22. The SMILES string of the molecule is CN(Cn1nc(-c2ccccc2F)oc1=S)[C@@H]1CCS(=O)(=O)C1. The molecular weight excluding hydrogens is 341 g/mol. The number of sulfone groups is 1. The average Bonchev–Trinajstić information content (AvgIpc) is 3.03. The van der Waals surface area contributed by atoms with Crippen molar-refractivity contribution < 1.29 is 17.2 Å². The number of aromatic nitrogens is 2. The van der Waals surface area contributed by atoms with Gasteiger partial charge in [0.25, 0.3) is 4.84 Å². The minimum absolute atomic E-state index is 0.0736. The predicted octanol–water partition coefficient (Wildman–Crippen LogP) is 2.09. The number of nitrogens with zero attached hydrogens (tertiary/aromatic N) is 3. The molecule has 1 aliphatic rings. The third kappa shape index (κ3) is 3.51. The van der Waals surface area contributed by atoms with Crippen LogP contribution in [0, 0.1) is 10.7 Å². The predicted molar refractivity (Wildman–Crippen MR) is 85.5 cm³/mol. The second kappa shape index (κ2) is 6.14. The lowest BCUT2D eigenvalue weighted by atomic mass is 10.2. The molecule has 0 radical (unpaired) electrons. The zero-order valence-corrected chi connectivity index (χ0v) is 14.1. The second-order valence-electron chi connectivity index (χ2n) is 5.61. The summed E-state index contributed by atoms with van der Waals surface area (Å²) in [5.41, 5.74) is 0.239. The first-order valence-corrected chi connectivity index (χ1v) is 9.32. The molecule has 0 N–H and O–H groups in total. The monoisotopic (exact) mass is 357 g/mol. The van der Waals surface area contributed by atoms with E-state index in [1.165, 1.54) is 10.7 Å². The minimum atomic E-state index is -2.96. The topological polar surface area (TPSA) is 68.3 Å². The molecular formula is C14H16FN3O3S2. The van der Waals surface area contributed by atoms with E-state index < -0.39 is 15.7 Å². The summed E-state index contributed by atoms with van der Waals surface area (Å²) in [6.45, 7) is 0.289. The second-order valence-corrected chi connectivity index (χ2v) is 8.19. The molecule has 3 rings (SSSR count). The smallest absolute Gasteiger partial charge is 0.288 e. The van der Waals surface area contributed by atoms with Crippen LogP contribution < -0.4 is 0 Å². The highest BCUT2D eigenvalue weighted by Crippen LogP contribution is 2.22. The molecule has 0 unspecified atom stereocenters. The van der Waals surface area contributed by atoms with Crippen molar-refractivity contribution >= 4 is 22.1 Å². The number of halogens is 1. The molecule has 0 bridgehead atoms. The van der Waals surface area contributed by atoms with Crippen molar-refractivity contribution in [1.82, 2.24) is 14.7 Å². The minimum Gasteiger partial charge on any atom is -0.409 e. The fourth-order valence-electron chi connectivity index (χ4n) is 2.59. The van der Waals surface area contributed by atoms with E-state index >= 15 is 0 Å². The molecule has 1 aromatic carbocycles. The molecule has 2 heterocycles. The van der Waals surface area contributed by atoms with Crippen molar-refractivity contribution in [2.75, 3.05) is 18.6 Å². The Labute approximate surface area is 138 Å². The van der Waals surface area contributed by atoms with E-state index in [9.17, 15) is 12.8 Å². The maximum atomic E-state index is 13.8. The van der Waals surface area contributed by atoms with Crippen LogP contribution in [0.5, 0.6) is 0 Å². The van der Waals surface area contributed by atoms with E-state index in [1.54, 1.807) is 18.2 Å². The van der Waals surface area contributed by atoms with E-state index in [-0.39, 0.29) is 40.5 Å². The lowest BCUT2D eigenvalue weighted by Crippen LogP contribution is -2.34. The van der Waals surface area contributed by atoms with Crippen LogP contribution in [0.25, 0.3) is 11.5 Å². The highest BCUT2D eigenvalue weighted by Gasteiger charge is 2.31. The van der Waals surface area contributed by atoms with E-state index in [0.29, 0.717) is 6.42 Å². The molecule has 1 aromatic heterocycles. The zero-order valence-electron chi connectivity index (χ0n) is 12.5. The fourth-order valence-corrected chi connectivity index (χ4v) is 4.57. The maximum absolute atomic E-state index is 13.8. The quantitative estimate of drug-likeness (QED) is 0.781. The van der Waals surface area contributed by atoms with Crippen LogP contribution in [0.4, 0.5) is 4.39 Å². The molecule has 6 nitrogen and oxygen atoms in total. The van der Waals surface area contributed by atoms with Crippen molar-refractivity contribution in [1.29, 1.82) is 0 Å². The van der Waals surface area contributed by atoms with Gasteiger partial charge in [-0.05, 0) is 37.8 Å². The van der Waals surface area contributed by atoms with Gasteiger partial charge in [-0.2, -0.15) is 0 Å². The lowest BCUT2D eigenvalue weighted by molar-refractivity contribution is 0.194. The van der Waals surface area contributed by atoms with Crippen LogP contribution in [0.1, 0.15) is 6.42 Å². The molecule has 1 aliphatic heterocycles. The van der Waals surface area contributed by atoms with E-state index in [2.05, 4.69) is 5.10 Å². The average molecular weight is 357 g/mol. The first kappa shape index (κ1) is 16.3. The third-order valence-electron chi connectivity index (χ3n) is 3.90. The first-order valence-electron chi connectivity index (χ1n) is 7.09. The molecule has 1 saturated heterocycles.